The molecule has 1 saturated carbocycles. The fraction of sp³-hybridized carbons (Fsp3) is 0.438. The summed E-state index contributed by atoms with van der Waals surface area (Å²) in [6.45, 7) is 1.91. The zero-order chi connectivity index (χ0) is 15.7. The number of rotatable bonds is 4. The van der Waals surface area contributed by atoms with Crippen LogP contribution in [-0.4, -0.2) is 38.7 Å². The van der Waals surface area contributed by atoms with E-state index in [-0.39, 0.29) is 18.5 Å². The minimum absolute atomic E-state index is 0.0453. The van der Waals surface area contributed by atoms with Crippen LogP contribution >= 0.6 is 0 Å². The van der Waals surface area contributed by atoms with Gasteiger partial charge in [-0.2, -0.15) is 0 Å². The Morgan fingerprint density at radius 3 is 2.73 bits per heavy atom. The molecule has 116 valence electrons. The van der Waals surface area contributed by atoms with Crippen molar-refractivity contribution >= 4 is 17.5 Å². The second-order valence-electron chi connectivity index (χ2n) is 5.86. The fourth-order valence-electron chi connectivity index (χ4n) is 3.15. The van der Waals surface area contributed by atoms with Gasteiger partial charge in [-0.15, -0.1) is 0 Å². The first-order valence-corrected chi connectivity index (χ1v) is 7.60. The Hall–Kier alpha value is -2.37. The predicted octanol–water partition coefficient (Wildman–Crippen LogP) is 1.51. The third-order valence-electron chi connectivity index (χ3n) is 4.27. The molecule has 0 atom stereocenters. The third-order valence-corrected chi connectivity index (χ3v) is 4.27. The van der Waals surface area contributed by atoms with Gasteiger partial charge in [0.05, 0.1) is 6.54 Å². The van der Waals surface area contributed by atoms with E-state index in [2.05, 4.69) is 4.98 Å². The lowest BCUT2D eigenvalue weighted by molar-refractivity contribution is -0.119. The maximum Gasteiger partial charge on any atom is 0.274 e. The van der Waals surface area contributed by atoms with Crippen LogP contribution in [0.15, 0.2) is 24.4 Å². The lowest BCUT2D eigenvalue weighted by Crippen LogP contribution is -2.44. The molecule has 3 rings (SSSR count). The summed E-state index contributed by atoms with van der Waals surface area (Å²) < 4.78 is 1.88. The predicted molar refractivity (Wildman–Crippen MR) is 82.4 cm³/mol. The van der Waals surface area contributed by atoms with Crippen LogP contribution < -0.4 is 5.73 Å². The maximum absolute atomic E-state index is 12.8. The molecule has 0 radical (unpaired) electrons. The Morgan fingerprint density at radius 2 is 2.09 bits per heavy atom. The molecule has 22 heavy (non-hydrogen) atoms. The van der Waals surface area contributed by atoms with E-state index in [4.69, 9.17) is 5.73 Å². The van der Waals surface area contributed by atoms with Gasteiger partial charge in [0.25, 0.3) is 5.91 Å². The lowest BCUT2D eigenvalue weighted by Gasteiger charge is -2.26. The number of nitrogens with zero attached hydrogens (tertiary/aromatic N) is 3. The van der Waals surface area contributed by atoms with Crippen molar-refractivity contribution in [2.75, 3.05) is 6.54 Å². The van der Waals surface area contributed by atoms with Gasteiger partial charge in [-0.3, -0.25) is 9.59 Å². The van der Waals surface area contributed by atoms with E-state index in [1.165, 1.54) is 0 Å². The lowest BCUT2D eigenvalue weighted by atomic mass is 10.2. The summed E-state index contributed by atoms with van der Waals surface area (Å²) in [5, 5.41) is 0. The number of fused-ring (bicyclic) bond motifs is 1. The van der Waals surface area contributed by atoms with Crippen LogP contribution in [0, 0.1) is 6.92 Å². The first-order chi connectivity index (χ1) is 10.6. The van der Waals surface area contributed by atoms with Crippen molar-refractivity contribution < 1.29 is 9.59 Å². The molecule has 2 amide bonds. The van der Waals surface area contributed by atoms with E-state index in [0.717, 1.165) is 37.0 Å². The standard InChI is InChI=1S/C16H20N4O2/c1-11-5-4-8-15-18-13(9-19(11)15)16(22)20(10-14(17)21)12-6-2-3-7-12/h4-5,8-9,12H,2-3,6-7,10H2,1H3,(H2,17,21). The maximum atomic E-state index is 12.8. The topological polar surface area (TPSA) is 80.7 Å². The molecular weight excluding hydrogens is 280 g/mol. The third kappa shape index (κ3) is 2.68. The number of pyridine rings is 1. The van der Waals surface area contributed by atoms with Crippen LogP contribution in [0.1, 0.15) is 41.9 Å². The van der Waals surface area contributed by atoms with E-state index in [1.807, 2.05) is 29.5 Å². The number of hydrogen-bond donors (Lipinski definition) is 1. The van der Waals surface area contributed by atoms with Crippen molar-refractivity contribution in [1.29, 1.82) is 0 Å². The van der Waals surface area contributed by atoms with E-state index < -0.39 is 5.91 Å². The molecule has 1 fully saturated rings. The molecule has 2 N–H and O–H groups in total. The van der Waals surface area contributed by atoms with Gasteiger partial charge in [0.15, 0.2) is 0 Å². The highest BCUT2D eigenvalue weighted by Gasteiger charge is 2.29. The number of hydrogen-bond acceptors (Lipinski definition) is 3. The second-order valence-corrected chi connectivity index (χ2v) is 5.86. The molecule has 0 spiro atoms. The van der Waals surface area contributed by atoms with Crippen LogP contribution in [0.2, 0.25) is 0 Å². The zero-order valence-electron chi connectivity index (χ0n) is 12.7. The van der Waals surface area contributed by atoms with Crippen LogP contribution in [0.5, 0.6) is 0 Å². The van der Waals surface area contributed by atoms with Crippen LogP contribution in [0.4, 0.5) is 0 Å². The minimum atomic E-state index is -0.486. The summed E-state index contributed by atoms with van der Waals surface area (Å²) in [7, 11) is 0. The van der Waals surface area contributed by atoms with Gasteiger partial charge in [-0.25, -0.2) is 4.98 Å². The van der Waals surface area contributed by atoms with Gasteiger partial charge < -0.3 is 15.0 Å². The monoisotopic (exact) mass is 300 g/mol. The SMILES string of the molecule is Cc1cccc2nc(C(=O)N(CC(N)=O)C3CCCC3)cn12. The molecule has 2 aromatic heterocycles. The van der Waals surface area contributed by atoms with Crippen LogP contribution in [0.25, 0.3) is 5.65 Å². The Morgan fingerprint density at radius 1 is 1.36 bits per heavy atom. The summed E-state index contributed by atoms with van der Waals surface area (Å²) in [5.41, 5.74) is 7.42. The Balaban J connectivity index is 1.93. The molecule has 6 nitrogen and oxygen atoms in total. The highest BCUT2D eigenvalue weighted by molar-refractivity contribution is 5.95. The summed E-state index contributed by atoms with van der Waals surface area (Å²) in [6, 6.07) is 5.81. The van der Waals surface area contributed by atoms with Gasteiger partial charge in [0.2, 0.25) is 5.91 Å². The second kappa shape index (κ2) is 5.79. The first kappa shape index (κ1) is 14.6. The Bertz CT molecular complexity index is 716. The molecule has 6 heteroatoms. The molecular formula is C16H20N4O2. The van der Waals surface area contributed by atoms with Crippen molar-refractivity contribution in [3.63, 3.8) is 0 Å². The normalized spacial score (nSPS) is 15.3. The highest BCUT2D eigenvalue weighted by Crippen LogP contribution is 2.24. The van der Waals surface area contributed by atoms with Crippen molar-refractivity contribution in [2.45, 2.75) is 38.6 Å². The number of imidazole rings is 1. The average Bonchev–Trinajstić information content (AvgIpc) is 3.13. The molecule has 0 unspecified atom stereocenters. The molecule has 0 aliphatic heterocycles. The van der Waals surface area contributed by atoms with Gasteiger partial charge in [-0.05, 0) is 31.9 Å². The van der Waals surface area contributed by atoms with Crippen molar-refractivity contribution in [3.05, 3.63) is 35.8 Å². The average molecular weight is 300 g/mol. The molecule has 1 aliphatic carbocycles. The fourth-order valence-corrected chi connectivity index (χ4v) is 3.15. The first-order valence-electron chi connectivity index (χ1n) is 7.60. The van der Waals surface area contributed by atoms with Gasteiger partial charge in [0.1, 0.15) is 11.3 Å². The van der Waals surface area contributed by atoms with E-state index in [9.17, 15) is 9.59 Å². The smallest absolute Gasteiger partial charge is 0.274 e. The number of aryl methyl sites for hydroxylation is 1. The van der Waals surface area contributed by atoms with E-state index in [1.54, 1.807) is 11.1 Å². The van der Waals surface area contributed by atoms with Gasteiger partial charge >= 0.3 is 0 Å². The summed E-state index contributed by atoms with van der Waals surface area (Å²) in [5.74, 6) is -0.700. The summed E-state index contributed by atoms with van der Waals surface area (Å²) in [4.78, 5) is 30.1. The number of primary amides is 1. The quantitative estimate of drug-likeness (QED) is 0.929. The Kier molecular flexibility index (Phi) is 3.83. The number of carbonyl (C=O) groups is 2. The van der Waals surface area contributed by atoms with Gasteiger partial charge in [0, 0.05) is 17.9 Å². The highest BCUT2D eigenvalue weighted by atomic mass is 16.2. The summed E-state index contributed by atoms with van der Waals surface area (Å²) >= 11 is 0. The van der Waals surface area contributed by atoms with Gasteiger partial charge in [-0.1, -0.05) is 18.9 Å². The van der Waals surface area contributed by atoms with Crippen LogP contribution in [0.3, 0.4) is 0 Å². The largest absolute Gasteiger partial charge is 0.368 e. The zero-order valence-corrected chi connectivity index (χ0v) is 12.7. The molecule has 1 aliphatic rings. The minimum Gasteiger partial charge on any atom is -0.368 e. The van der Waals surface area contributed by atoms with E-state index >= 15 is 0 Å². The number of nitrogens with two attached hydrogens (primary N) is 1. The van der Waals surface area contributed by atoms with E-state index in [0.29, 0.717) is 5.69 Å². The summed E-state index contributed by atoms with van der Waals surface area (Å²) in [6.07, 6.45) is 5.74. The Labute approximate surface area is 128 Å². The van der Waals surface area contributed by atoms with Crippen molar-refractivity contribution in [1.82, 2.24) is 14.3 Å². The molecule has 0 aromatic carbocycles. The number of amides is 2. The number of carbonyl (C=O) groups excluding carboxylic acids is 2. The van der Waals surface area contributed by atoms with Crippen molar-refractivity contribution in [2.24, 2.45) is 5.73 Å². The molecule has 0 saturated heterocycles. The van der Waals surface area contributed by atoms with Crippen molar-refractivity contribution in [3.8, 4) is 0 Å². The number of aromatic nitrogens is 2. The van der Waals surface area contributed by atoms with Crippen LogP contribution in [-0.2, 0) is 4.79 Å². The molecule has 2 aromatic rings. The molecule has 2 heterocycles. The molecule has 0 bridgehead atoms.